The van der Waals surface area contributed by atoms with Crippen LogP contribution in [0.4, 0.5) is 0 Å². The van der Waals surface area contributed by atoms with Gasteiger partial charge >= 0.3 is 5.97 Å². The van der Waals surface area contributed by atoms with Gasteiger partial charge in [-0.15, -0.1) is 0 Å². The molecule has 1 aromatic carbocycles. The summed E-state index contributed by atoms with van der Waals surface area (Å²) in [5.74, 6) is -0.638. The van der Waals surface area contributed by atoms with Crippen molar-refractivity contribution in [2.24, 2.45) is 5.92 Å². The third-order valence-electron chi connectivity index (χ3n) is 3.50. The summed E-state index contributed by atoms with van der Waals surface area (Å²) in [6.45, 7) is 4.31. The molecule has 0 bridgehead atoms. The molecule has 1 aromatic rings. The average Bonchev–Trinajstić information content (AvgIpc) is 2.40. The number of carbonyl (C=O) groups excluding carboxylic acids is 1. The Morgan fingerprint density at radius 3 is 2.79 bits per heavy atom. The van der Waals surface area contributed by atoms with Gasteiger partial charge in [-0.1, -0.05) is 30.3 Å². The van der Waals surface area contributed by atoms with Crippen LogP contribution in [0.1, 0.15) is 18.9 Å². The van der Waals surface area contributed by atoms with Gasteiger partial charge < -0.3 is 9.84 Å². The van der Waals surface area contributed by atoms with Crippen LogP contribution in [0.3, 0.4) is 0 Å². The summed E-state index contributed by atoms with van der Waals surface area (Å²) >= 11 is 0. The van der Waals surface area contributed by atoms with Gasteiger partial charge in [-0.25, -0.2) is 0 Å². The second kappa shape index (κ2) is 6.68. The molecule has 0 spiro atoms. The molecule has 0 saturated carbocycles. The Labute approximate surface area is 114 Å². The molecule has 1 aliphatic heterocycles. The molecule has 0 aromatic heterocycles. The van der Waals surface area contributed by atoms with Crippen molar-refractivity contribution in [3.63, 3.8) is 0 Å². The number of nitrogens with zero attached hydrogens (tertiary/aromatic N) is 1. The van der Waals surface area contributed by atoms with E-state index in [1.165, 1.54) is 5.56 Å². The zero-order valence-electron chi connectivity index (χ0n) is 11.3. The number of hydrogen-bond donors (Lipinski definition) is 1. The number of piperidine rings is 1. The monoisotopic (exact) mass is 263 g/mol. The van der Waals surface area contributed by atoms with Gasteiger partial charge in [-0.2, -0.15) is 0 Å². The minimum atomic E-state index is -0.628. The third kappa shape index (κ3) is 3.78. The summed E-state index contributed by atoms with van der Waals surface area (Å²) < 4.78 is 4.99. The molecule has 2 rings (SSSR count). The highest BCUT2D eigenvalue weighted by molar-refractivity contribution is 5.73. The van der Waals surface area contributed by atoms with E-state index >= 15 is 0 Å². The first-order valence-electron chi connectivity index (χ1n) is 6.81. The Morgan fingerprint density at radius 1 is 1.42 bits per heavy atom. The highest BCUT2D eigenvalue weighted by Gasteiger charge is 2.33. The summed E-state index contributed by atoms with van der Waals surface area (Å²) in [6.07, 6.45) is 0.0313. The van der Waals surface area contributed by atoms with E-state index in [0.717, 1.165) is 13.1 Å². The lowest BCUT2D eigenvalue weighted by Gasteiger charge is -2.34. The van der Waals surface area contributed by atoms with Crippen LogP contribution in [-0.4, -0.2) is 41.8 Å². The zero-order chi connectivity index (χ0) is 13.7. The molecule has 2 atom stereocenters. The molecular weight excluding hydrogens is 242 g/mol. The lowest BCUT2D eigenvalue weighted by molar-refractivity contribution is -0.155. The number of carbonyl (C=O) groups is 1. The van der Waals surface area contributed by atoms with E-state index in [9.17, 15) is 9.90 Å². The molecular formula is C15H21NO3. The van der Waals surface area contributed by atoms with Crippen molar-refractivity contribution in [3.05, 3.63) is 35.9 Å². The Kier molecular flexibility index (Phi) is 4.93. The molecule has 1 saturated heterocycles. The zero-order valence-corrected chi connectivity index (χ0v) is 11.3. The van der Waals surface area contributed by atoms with Gasteiger partial charge in [0.2, 0.25) is 0 Å². The fourth-order valence-electron chi connectivity index (χ4n) is 2.51. The summed E-state index contributed by atoms with van der Waals surface area (Å²) in [6, 6.07) is 10.2. The SMILES string of the molecule is CCOC(=O)[C@@H]1CCN(Cc2ccccc2)C[C@@H]1O. The predicted molar refractivity (Wildman–Crippen MR) is 72.5 cm³/mol. The molecule has 0 amide bonds. The molecule has 1 aliphatic rings. The van der Waals surface area contributed by atoms with Crippen LogP contribution in [-0.2, 0) is 16.1 Å². The maximum absolute atomic E-state index is 11.7. The van der Waals surface area contributed by atoms with Crippen LogP contribution in [0.15, 0.2) is 30.3 Å². The van der Waals surface area contributed by atoms with Gasteiger partial charge in [0.15, 0.2) is 0 Å². The Morgan fingerprint density at radius 2 is 2.16 bits per heavy atom. The highest BCUT2D eigenvalue weighted by atomic mass is 16.5. The largest absolute Gasteiger partial charge is 0.466 e. The number of rotatable bonds is 4. The van der Waals surface area contributed by atoms with E-state index in [0.29, 0.717) is 19.6 Å². The maximum Gasteiger partial charge on any atom is 0.311 e. The molecule has 0 radical (unpaired) electrons. The summed E-state index contributed by atoms with van der Waals surface area (Å²) in [4.78, 5) is 13.8. The van der Waals surface area contributed by atoms with E-state index in [4.69, 9.17) is 4.74 Å². The number of β-amino-alcohol motifs (C(OH)–C–C–N with tert-alkyl or cyclic N) is 1. The van der Waals surface area contributed by atoms with E-state index in [2.05, 4.69) is 17.0 Å². The molecule has 0 unspecified atom stereocenters. The Hall–Kier alpha value is -1.39. The molecule has 1 heterocycles. The summed E-state index contributed by atoms with van der Waals surface area (Å²) in [7, 11) is 0. The van der Waals surface area contributed by atoms with Gasteiger partial charge in [0.05, 0.1) is 18.6 Å². The number of ether oxygens (including phenoxy) is 1. The highest BCUT2D eigenvalue weighted by Crippen LogP contribution is 2.20. The fraction of sp³-hybridized carbons (Fsp3) is 0.533. The van der Waals surface area contributed by atoms with E-state index in [-0.39, 0.29) is 11.9 Å². The molecule has 104 valence electrons. The number of esters is 1. The summed E-state index contributed by atoms with van der Waals surface area (Å²) in [5.41, 5.74) is 1.23. The first-order valence-corrected chi connectivity index (χ1v) is 6.81. The minimum absolute atomic E-state index is 0.269. The first kappa shape index (κ1) is 14.0. The molecule has 1 N–H and O–H groups in total. The number of hydrogen-bond acceptors (Lipinski definition) is 4. The van der Waals surface area contributed by atoms with Crippen molar-refractivity contribution < 1.29 is 14.6 Å². The van der Waals surface area contributed by atoms with E-state index in [1.807, 2.05) is 18.2 Å². The molecule has 19 heavy (non-hydrogen) atoms. The lowest BCUT2D eigenvalue weighted by Crippen LogP contribution is -2.46. The van der Waals surface area contributed by atoms with Crippen molar-refractivity contribution in [2.75, 3.05) is 19.7 Å². The van der Waals surface area contributed by atoms with Gasteiger partial charge in [0.25, 0.3) is 0 Å². The van der Waals surface area contributed by atoms with Gasteiger partial charge in [0, 0.05) is 13.1 Å². The minimum Gasteiger partial charge on any atom is -0.466 e. The number of aliphatic hydroxyl groups excluding tert-OH is 1. The quantitative estimate of drug-likeness (QED) is 0.835. The smallest absolute Gasteiger partial charge is 0.311 e. The second-order valence-corrected chi connectivity index (χ2v) is 4.94. The van der Waals surface area contributed by atoms with Crippen LogP contribution in [0.25, 0.3) is 0 Å². The maximum atomic E-state index is 11.7. The lowest BCUT2D eigenvalue weighted by atomic mass is 9.93. The van der Waals surface area contributed by atoms with E-state index in [1.54, 1.807) is 6.92 Å². The topological polar surface area (TPSA) is 49.8 Å². The molecule has 1 fully saturated rings. The van der Waals surface area contributed by atoms with Crippen LogP contribution in [0.5, 0.6) is 0 Å². The fourth-order valence-corrected chi connectivity index (χ4v) is 2.51. The number of benzene rings is 1. The molecule has 4 nitrogen and oxygen atoms in total. The Balaban J connectivity index is 1.88. The van der Waals surface area contributed by atoms with Crippen LogP contribution >= 0.6 is 0 Å². The van der Waals surface area contributed by atoms with Crippen LogP contribution in [0, 0.1) is 5.92 Å². The molecule has 4 heteroatoms. The van der Waals surface area contributed by atoms with Gasteiger partial charge in [-0.3, -0.25) is 9.69 Å². The van der Waals surface area contributed by atoms with Crippen molar-refractivity contribution in [2.45, 2.75) is 26.0 Å². The number of likely N-dealkylation sites (tertiary alicyclic amines) is 1. The Bertz CT molecular complexity index is 407. The van der Waals surface area contributed by atoms with E-state index < -0.39 is 6.10 Å². The normalized spacial score (nSPS) is 24.1. The van der Waals surface area contributed by atoms with Crippen molar-refractivity contribution >= 4 is 5.97 Å². The van der Waals surface area contributed by atoms with Crippen molar-refractivity contribution in [3.8, 4) is 0 Å². The standard InChI is InChI=1S/C15H21NO3/c1-2-19-15(18)13-8-9-16(11-14(13)17)10-12-6-4-3-5-7-12/h3-7,13-14,17H,2,8-11H2,1H3/t13-,14+/m1/s1. The van der Waals surface area contributed by atoms with Crippen LogP contribution < -0.4 is 0 Å². The summed E-state index contributed by atoms with van der Waals surface area (Å²) in [5, 5.41) is 10.1. The first-order chi connectivity index (χ1) is 9.20. The average molecular weight is 263 g/mol. The van der Waals surface area contributed by atoms with Gasteiger partial charge in [0.1, 0.15) is 0 Å². The second-order valence-electron chi connectivity index (χ2n) is 4.94. The van der Waals surface area contributed by atoms with Crippen molar-refractivity contribution in [1.82, 2.24) is 4.90 Å². The van der Waals surface area contributed by atoms with Crippen molar-refractivity contribution in [1.29, 1.82) is 0 Å². The predicted octanol–water partition coefficient (Wildman–Crippen LogP) is 1.43. The van der Waals surface area contributed by atoms with Crippen LogP contribution in [0.2, 0.25) is 0 Å². The van der Waals surface area contributed by atoms with Gasteiger partial charge in [-0.05, 0) is 25.5 Å². The number of aliphatic hydroxyl groups is 1. The third-order valence-corrected chi connectivity index (χ3v) is 3.50. The molecule has 0 aliphatic carbocycles.